The third-order valence-corrected chi connectivity index (χ3v) is 6.41. The van der Waals surface area contributed by atoms with Crippen molar-refractivity contribution in [3.8, 4) is 0 Å². The summed E-state index contributed by atoms with van der Waals surface area (Å²) in [5.74, 6) is 0.481. The van der Waals surface area contributed by atoms with Crippen LogP contribution in [0.3, 0.4) is 0 Å². The fourth-order valence-electron chi connectivity index (χ4n) is 5.10. The number of hydrogen-bond acceptors (Lipinski definition) is 2. The highest BCUT2D eigenvalue weighted by Crippen LogP contribution is 2.43. The molecular formula is C21H30N4O. The van der Waals surface area contributed by atoms with Gasteiger partial charge in [-0.1, -0.05) is 12.1 Å². The molecule has 3 atom stereocenters. The Morgan fingerprint density at radius 1 is 1.27 bits per heavy atom. The summed E-state index contributed by atoms with van der Waals surface area (Å²) in [7, 11) is 4.35. The first-order valence-corrected chi connectivity index (χ1v) is 9.85. The molecule has 5 nitrogen and oxygen atoms in total. The number of benzene rings is 1. The van der Waals surface area contributed by atoms with E-state index in [1.54, 1.807) is 0 Å². The molecule has 1 fully saturated rings. The topological polar surface area (TPSA) is 40.5 Å². The van der Waals surface area contributed by atoms with Crippen LogP contribution >= 0.6 is 0 Å². The maximum absolute atomic E-state index is 12.5. The van der Waals surface area contributed by atoms with Gasteiger partial charge in [-0.25, -0.2) is 4.79 Å². The number of hydrogen-bond donors (Lipinski definition) is 1. The molecule has 1 aliphatic heterocycles. The Morgan fingerprint density at radius 2 is 2.04 bits per heavy atom. The Kier molecular flexibility index (Phi) is 4.43. The summed E-state index contributed by atoms with van der Waals surface area (Å²) in [6, 6.07) is 7.50. The van der Waals surface area contributed by atoms with Crippen molar-refractivity contribution in [3.63, 3.8) is 0 Å². The van der Waals surface area contributed by atoms with Gasteiger partial charge in [-0.2, -0.15) is 0 Å². The highest BCUT2D eigenvalue weighted by molar-refractivity contribution is 5.89. The molecule has 0 spiro atoms. The predicted octanol–water partition coefficient (Wildman–Crippen LogP) is 2.94. The molecule has 1 aromatic carbocycles. The van der Waals surface area contributed by atoms with E-state index in [0.717, 1.165) is 32.5 Å². The number of aromatic nitrogens is 1. The average molecular weight is 354 g/mol. The number of amides is 2. The quantitative estimate of drug-likeness (QED) is 0.921. The van der Waals surface area contributed by atoms with Crippen molar-refractivity contribution in [2.45, 2.75) is 44.7 Å². The van der Waals surface area contributed by atoms with Crippen molar-refractivity contribution in [2.24, 2.45) is 7.05 Å². The van der Waals surface area contributed by atoms with E-state index in [1.165, 1.54) is 22.0 Å². The number of carbonyl (C=O) groups excluding carboxylic acids is 1. The average Bonchev–Trinajstić information content (AvgIpc) is 2.94. The number of carbonyl (C=O) groups is 1. The third-order valence-electron chi connectivity index (χ3n) is 6.41. The number of likely N-dealkylation sites (N-methyl/N-ethyl adjacent to an activating group) is 1. The fourth-order valence-corrected chi connectivity index (χ4v) is 5.10. The number of piperidine rings is 1. The van der Waals surface area contributed by atoms with Crippen LogP contribution in [0.15, 0.2) is 24.4 Å². The molecule has 2 aliphatic rings. The Hall–Kier alpha value is -2.01. The van der Waals surface area contributed by atoms with E-state index in [0.29, 0.717) is 12.0 Å². The van der Waals surface area contributed by atoms with Crippen molar-refractivity contribution in [3.05, 3.63) is 35.5 Å². The number of rotatable bonds is 3. The van der Waals surface area contributed by atoms with Gasteiger partial charge in [-0.05, 0) is 50.9 Å². The fraction of sp³-hybridized carbons (Fsp3) is 0.571. The Bertz CT molecular complexity index is 823. The highest BCUT2D eigenvalue weighted by Gasteiger charge is 2.40. The molecule has 26 heavy (non-hydrogen) atoms. The lowest BCUT2D eigenvalue weighted by Crippen LogP contribution is -2.56. The van der Waals surface area contributed by atoms with Gasteiger partial charge in [0, 0.05) is 61.8 Å². The van der Waals surface area contributed by atoms with Gasteiger partial charge in [0.2, 0.25) is 0 Å². The second kappa shape index (κ2) is 6.62. The van der Waals surface area contributed by atoms with Gasteiger partial charge in [0.1, 0.15) is 0 Å². The number of nitrogens with zero attached hydrogens (tertiary/aromatic N) is 3. The monoisotopic (exact) mass is 354 g/mol. The van der Waals surface area contributed by atoms with Crippen LogP contribution in [-0.2, 0) is 13.5 Å². The van der Waals surface area contributed by atoms with Crippen LogP contribution in [0.4, 0.5) is 4.79 Å². The van der Waals surface area contributed by atoms with Crippen molar-refractivity contribution in [1.29, 1.82) is 0 Å². The van der Waals surface area contributed by atoms with Crippen molar-refractivity contribution in [1.82, 2.24) is 19.7 Å². The minimum Gasteiger partial charge on any atom is -0.350 e. The van der Waals surface area contributed by atoms with E-state index >= 15 is 0 Å². The zero-order chi connectivity index (χ0) is 18.4. The Labute approximate surface area is 155 Å². The van der Waals surface area contributed by atoms with Crippen LogP contribution in [0.25, 0.3) is 10.9 Å². The normalized spacial score (nSPS) is 25.2. The molecule has 0 radical (unpaired) electrons. The summed E-state index contributed by atoms with van der Waals surface area (Å²) in [5, 5.41) is 4.73. The molecule has 140 valence electrons. The predicted molar refractivity (Wildman–Crippen MR) is 106 cm³/mol. The lowest BCUT2D eigenvalue weighted by atomic mass is 9.74. The standard InChI is InChI=1S/C21H30N4O/c1-5-25(6-2)21(26)22-15-11-17-16-8-7-9-18-20(16)14(12-23(18)3)10-19(17)24(4)13-15/h7-9,12,15,17,19H,5-6,10-11,13H2,1-4H3,(H,22,26)/t15?,17?,19-/m1/s1. The van der Waals surface area contributed by atoms with E-state index in [1.807, 2.05) is 18.7 Å². The maximum Gasteiger partial charge on any atom is 0.317 e. The molecule has 2 aromatic rings. The third kappa shape index (κ3) is 2.69. The van der Waals surface area contributed by atoms with Gasteiger partial charge in [0.15, 0.2) is 0 Å². The summed E-state index contributed by atoms with van der Waals surface area (Å²) in [6.07, 6.45) is 4.42. The molecule has 4 rings (SSSR count). The SMILES string of the molecule is CCN(CC)C(=O)NC1CC2c3cccc4c3c(cn4C)C[C@H]2N(C)C1. The summed E-state index contributed by atoms with van der Waals surface area (Å²) >= 11 is 0. The summed E-state index contributed by atoms with van der Waals surface area (Å²) in [4.78, 5) is 16.8. The van der Waals surface area contributed by atoms with Crippen molar-refractivity contribution in [2.75, 3.05) is 26.7 Å². The molecule has 1 aromatic heterocycles. The summed E-state index contributed by atoms with van der Waals surface area (Å²) in [5.41, 5.74) is 4.26. The number of fused-ring (bicyclic) bond motifs is 2. The zero-order valence-corrected chi connectivity index (χ0v) is 16.3. The first kappa shape index (κ1) is 17.4. The second-order valence-corrected chi connectivity index (χ2v) is 7.88. The number of likely N-dealkylation sites (tertiary alicyclic amines) is 1. The second-order valence-electron chi connectivity index (χ2n) is 7.88. The molecule has 2 unspecified atom stereocenters. The van der Waals surface area contributed by atoms with Gasteiger partial charge < -0.3 is 19.7 Å². The first-order valence-electron chi connectivity index (χ1n) is 9.85. The van der Waals surface area contributed by atoms with E-state index in [2.05, 4.69) is 53.3 Å². The van der Waals surface area contributed by atoms with E-state index in [-0.39, 0.29) is 12.1 Å². The Balaban J connectivity index is 1.63. The van der Waals surface area contributed by atoms with Crippen LogP contribution in [0.5, 0.6) is 0 Å². The molecule has 2 amide bonds. The van der Waals surface area contributed by atoms with E-state index in [9.17, 15) is 4.79 Å². The van der Waals surface area contributed by atoms with E-state index < -0.39 is 0 Å². The van der Waals surface area contributed by atoms with Gasteiger partial charge in [0.25, 0.3) is 0 Å². The van der Waals surface area contributed by atoms with Gasteiger partial charge in [0.05, 0.1) is 0 Å². The highest BCUT2D eigenvalue weighted by atomic mass is 16.2. The molecule has 1 aliphatic carbocycles. The van der Waals surface area contributed by atoms with E-state index in [4.69, 9.17) is 0 Å². The van der Waals surface area contributed by atoms with Gasteiger partial charge in [-0.15, -0.1) is 0 Å². The van der Waals surface area contributed by atoms with Crippen LogP contribution < -0.4 is 5.32 Å². The molecule has 0 bridgehead atoms. The summed E-state index contributed by atoms with van der Waals surface area (Å²) in [6.45, 7) is 6.50. The smallest absolute Gasteiger partial charge is 0.317 e. The molecule has 1 saturated heterocycles. The largest absolute Gasteiger partial charge is 0.350 e. The van der Waals surface area contributed by atoms with Gasteiger partial charge >= 0.3 is 6.03 Å². The maximum atomic E-state index is 12.5. The molecule has 2 heterocycles. The minimum absolute atomic E-state index is 0.0706. The Morgan fingerprint density at radius 3 is 2.77 bits per heavy atom. The number of nitrogens with one attached hydrogen (secondary N) is 1. The van der Waals surface area contributed by atoms with Crippen LogP contribution in [0.1, 0.15) is 37.3 Å². The number of aryl methyl sites for hydroxylation is 1. The van der Waals surface area contributed by atoms with Crippen LogP contribution in [0.2, 0.25) is 0 Å². The number of urea groups is 1. The first-order chi connectivity index (χ1) is 12.5. The summed E-state index contributed by atoms with van der Waals surface area (Å²) < 4.78 is 2.26. The van der Waals surface area contributed by atoms with Crippen molar-refractivity contribution >= 4 is 16.9 Å². The van der Waals surface area contributed by atoms with Crippen molar-refractivity contribution < 1.29 is 4.79 Å². The van der Waals surface area contributed by atoms with Crippen LogP contribution in [0, 0.1) is 0 Å². The molecule has 1 N–H and O–H groups in total. The lowest BCUT2D eigenvalue weighted by molar-refractivity contribution is 0.124. The lowest BCUT2D eigenvalue weighted by Gasteiger charge is -2.45. The molecule has 0 saturated carbocycles. The van der Waals surface area contributed by atoms with Crippen LogP contribution in [-0.4, -0.2) is 59.2 Å². The molecule has 5 heteroatoms. The molecular weight excluding hydrogens is 324 g/mol. The zero-order valence-electron chi connectivity index (χ0n) is 16.3. The van der Waals surface area contributed by atoms with Gasteiger partial charge in [-0.3, -0.25) is 0 Å². The minimum atomic E-state index is 0.0706.